The molecule has 0 bridgehead atoms. The average Bonchev–Trinajstić information content (AvgIpc) is 2.20. The molecule has 0 aromatic carbocycles. The molecule has 1 aromatic rings. The van der Waals surface area contributed by atoms with E-state index in [1.807, 2.05) is 0 Å². The molecule has 1 rings (SSSR count). The number of ether oxygens (including phenoxy) is 1. The number of nitrogens with one attached hydrogen (secondary N) is 1. The number of aromatic nitrogens is 1. The van der Waals surface area contributed by atoms with Crippen LogP contribution in [0.25, 0.3) is 0 Å². The van der Waals surface area contributed by atoms with Gasteiger partial charge in [0.25, 0.3) is 0 Å². The second-order valence-corrected chi connectivity index (χ2v) is 2.63. The van der Waals surface area contributed by atoms with Crippen molar-refractivity contribution >= 4 is 11.6 Å². The van der Waals surface area contributed by atoms with Gasteiger partial charge >= 0.3 is 0 Å². The fraction of sp³-hybridized carbons (Fsp3) is 0.333. The standard InChI is InChI=1S/C9H13N3O2/c10-3-6-14-7-9(13)12-8-1-4-11-5-2-8/h1-2,4-5H,3,6-7,10H2,(H,11,12,13). The third kappa shape index (κ3) is 3.97. The van der Waals surface area contributed by atoms with Crippen molar-refractivity contribution in [2.24, 2.45) is 5.73 Å². The molecular formula is C9H13N3O2. The highest BCUT2D eigenvalue weighted by Crippen LogP contribution is 2.02. The monoisotopic (exact) mass is 195 g/mol. The van der Waals surface area contributed by atoms with Crippen LogP contribution < -0.4 is 11.1 Å². The van der Waals surface area contributed by atoms with Gasteiger partial charge in [0.2, 0.25) is 5.91 Å². The van der Waals surface area contributed by atoms with E-state index in [-0.39, 0.29) is 12.5 Å². The lowest BCUT2D eigenvalue weighted by Crippen LogP contribution is -2.20. The van der Waals surface area contributed by atoms with Crippen LogP contribution in [0.4, 0.5) is 5.69 Å². The first-order chi connectivity index (χ1) is 6.83. The van der Waals surface area contributed by atoms with Crippen LogP contribution in [-0.4, -0.2) is 30.6 Å². The molecule has 5 heteroatoms. The lowest BCUT2D eigenvalue weighted by Gasteiger charge is -2.04. The molecule has 0 aliphatic carbocycles. The van der Waals surface area contributed by atoms with Crippen molar-refractivity contribution in [3.8, 4) is 0 Å². The van der Waals surface area contributed by atoms with Gasteiger partial charge in [-0.1, -0.05) is 0 Å². The lowest BCUT2D eigenvalue weighted by atomic mass is 10.4. The molecule has 0 atom stereocenters. The zero-order valence-corrected chi connectivity index (χ0v) is 7.77. The normalized spacial score (nSPS) is 9.79. The number of nitrogens with zero attached hydrogens (tertiary/aromatic N) is 1. The van der Waals surface area contributed by atoms with E-state index < -0.39 is 0 Å². The van der Waals surface area contributed by atoms with Crippen molar-refractivity contribution in [3.05, 3.63) is 24.5 Å². The number of carbonyl (C=O) groups is 1. The topological polar surface area (TPSA) is 77.2 Å². The molecule has 5 nitrogen and oxygen atoms in total. The summed E-state index contributed by atoms with van der Waals surface area (Å²) in [6, 6.07) is 3.42. The number of amides is 1. The van der Waals surface area contributed by atoms with Gasteiger partial charge in [0.15, 0.2) is 0 Å². The molecule has 0 fully saturated rings. The second-order valence-electron chi connectivity index (χ2n) is 2.63. The SMILES string of the molecule is NCCOCC(=O)Nc1ccncc1. The lowest BCUT2D eigenvalue weighted by molar-refractivity contribution is -0.120. The van der Waals surface area contributed by atoms with Crippen LogP contribution in [0.3, 0.4) is 0 Å². The van der Waals surface area contributed by atoms with E-state index in [0.29, 0.717) is 18.8 Å². The van der Waals surface area contributed by atoms with E-state index in [2.05, 4.69) is 10.3 Å². The van der Waals surface area contributed by atoms with Crippen molar-refractivity contribution in [1.82, 2.24) is 4.98 Å². The number of nitrogens with two attached hydrogens (primary N) is 1. The van der Waals surface area contributed by atoms with Crippen LogP contribution in [0.1, 0.15) is 0 Å². The van der Waals surface area contributed by atoms with Crippen molar-refractivity contribution < 1.29 is 9.53 Å². The smallest absolute Gasteiger partial charge is 0.250 e. The molecule has 1 heterocycles. The maximum absolute atomic E-state index is 11.2. The van der Waals surface area contributed by atoms with Crippen molar-refractivity contribution in [3.63, 3.8) is 0 Å². The summed E-state index contributed by atoms with van der Waals surface area (Å²) in [6.07, 6.45) is 3.21. The summed E-state index contributed by atoms with van der Waals surface area (Å²) in [5, 5.41) is 2.66. The van der Waals surface area contributed by atoms with Crippen LogP contribution in [-0.2, 0) is 9.53 Å². The number of anilines is 1. The summed E-state index contributed by atoms with van der Waals surface area (Å²) in [7, 11) is 0. The fourth-order valence-corrected chi connectivity index (χ4v) is 0.881. The largest absolute Gasteiger partial charge is 0.370 e. The van der Waals surface area contributed by atoms with Gasteiger partial charge in [0.1, 0.15) is 6.61 Å². The summed E-state index contributed by atoms with van der Waals surface area (Å²) >= 11 is 0. The highest BCUT2D eigenvalue weighted by molar-refractivity contribution is 5.91. The minimum atomic E-state index is -0.190. The Labute approximate surface area is 82.3 Å². The Morgan fingerprint density at radius 2 is 2.21 bits per heavy atom. The number of rotatable bonds is 5. The summed E-state index contributed by atoms with van der Waals surface area (Å²) in [4.78, 5) is 15.0. The molecule has 0 saturated carbocycles. The van der Waals surface area contributed by atoms with Crippen LogP contribution in [0.2, 0.25) is 0 Å². The zero-order chi connectivity index (χ0) is 10.2. The molecule has 0 unspecified atom stereocenters. The third-order valence-electron chi connectivity index (χ3n) is 1.46. The van der Waals surface area contributed by atoms with Gasteiger partial charge in [0, 0.05) is 24.6 Å². The van der Waals surface area contributed by atoms with Gasteiger partial charge in [-0.2, -0.15) is 0 Å². The quantitative estimate of drug-likeness (QED) is 0.648. The summed E-state index contributed by atoms with van der Waals surface area (Å²) < 4.78 is 4.96. The first-order valence-corrected chi connectivity index (χ1v) is 4.30. The summed E-state index contributed by atoms with van der Waals surface area (Å²) in [5.74, 6) is -0.190. The Balaban J connectivity index is 2.27. The Morgan fingerprint density at radius 3 is 2.86 bits per heavy atom. The molecule has 1 amide bonds. The predicted octanol–water partition coefficient (Wildman–Crippen LogP) is -0.00460. The van der Waals surface area contributed by atoms with Crippen molar-refractivity contribution in [1.29, 1.82) is 0 Å². The molecule has 14 heavy (non-hydrogen) atoms. The van der Waals surface area contributed by atoms with Gasteiger partial charge in [-0.3, -0.25) is 9.78 Å². The highest BCUT2D eigenvalue weighted by atomic mass is 16.5. The Morgan fingerprint density at radius 1 is 1.50 bits per heavy atom. The Hall–Kier alpha value is -1.46. The molecular weight excluding hydrogens is 182 g/mol. The van der Waals surface area contributed by atoms with Gasteiger partial charge < -0.3 is 15.8 Å². The predicted molar refractivity (Wildman–Crippen MR) is 52.7 cm³/mol. The van der Waals surface area contributed by atoms with E-state index in [4.69, 9.17) is 10.5 Å². The van der Waals surface area contributed by atoms with Gasteiger partial charge in [-0.15, -0.1) is 0 Å². The molecule has 0 aliphatic rings. The highest BCUT2D eigenvalue weighted by Gasteiger charge is 2.00. The number of hydrogen-bond acceptors (Lipinski definition) is 4. The first kappa shape index (κ1) is 10.6. The summed E-state index contributed by atoms with van der Waals surface area (Å²) in [6.45, 7) is 0.839. The van der Waals surface area contributed by atoms with E-state index in [9.17, 15) is 4.79 Å². The van der Waals surface area contributed by atoms with Gasteiger partial charge in [0.05, 0.1) is 6.61 Å². The minimum absolute atomic E-state index is 0.0273. The average molecular weight is 195 g/mol. The van der Waals surface area contributed by atoms with Crippen LogP contribution >= 0.6 is 0 Å². The number of pyridine rings is 1. The van der Waals surface area contributed by atoms with E-state index in [1.165, 1.54) is 0 Å². The van der Waals surface area contributed by atoms with E-state index in [0.717, 1.165) is 0 Å². The molecule has 1 aromatic heterocycles. The Kier molecular flexibility index (Phi) is 4.60. The molecule has 76 valence electrons. The summed E-state index contributed by atoms with van der Waals surface area (Å²) in [5.41, 5.74) is 5.91. The van der Waals surface area contributed by atoms with Crippen molar-refractivity contribution in [2.45, 2.75) is 0 Å². The molecule has 3 N–H and O–H groups in total. The maximum Gasteiger partial charge on any atom is 0.250 e. The first-order valence-electron chi connectivity index (χ1n) is 4.30. The van der Waals surface area contributed by atoms with Crippen molar-refractivity contribution in [2.75, 3.05) is 25.1 Å². The van der Waals surface area contributed by atoms with E-state index in [1.54, 1.807) is 24.5 Å². The second kappa shape index (κ2) is 6.06. The van der Waals surface area contributed by atoms with Crippen LogP contribution in [0.5, 0.6) is 0 Å². The third-order valence-corrected chi connectivity index (χ3v) is 1.46. The van der Waals surface area contributed by atoms with E-state index >= 15 is 0 Å². The van der Waals surface area contributed by atoms with Gasteiger partial charge in [-0.05, 0) is 12.1 Å². The molecule has 0 saturated heterocycles. The zero-order valence-electron chi connectivity index (χ0n) is 7.77. The molecule has 0 aliphatic heterocycles. The molecule has 0 spiro atoms. The number of hydrogen-bond donors (Lipinski definition) is 2. The van der Waals surface area contributed by atoms with Crippen LogP contribution in [0, 0.1) is 0 Å². The minimum Gasteiger partial charge on any atom is -0.370 e. The Bertz CT molecular complexity index is 277. The van der Waals surface area contributed by atoms with Crippen LogP contribution in [0.15, 0.2) is 24.5 Å². The maximum atomic E-state index is 11.2. The molecule has 0 radical (unpaired) electrons. The number of carbonyl (C=O) groups excluding carboxylic acids is 1. The fourth-order valence-electron chi connectivity index (χ4n) is 0.881. The van der Waals surface area contributed by atoms with Gasteiger partial charge in [-0.25, -0.2) is 0 Å².